The van der Waals surface area contributed by atoms with Gasteiger partial charge in [-0.1, -0.05) is 30.9 Å². The van der Waals surface area contributed by atoms with Gasteiger partial charge in [0.05, 0.1) is 0 Å². The molecule has 14 heavy (non-hydrogen) atoms. The van der Waals surface area contributed by atoms with Gasteiger partial charge in [0.2, 0.25) is 0 Å². The summed E-state index contributed by atoms with van der Waals surface area (Å²) in [5.74, 6) is 6.13. The number of allylic oxidation sites excluding steroid dienone is 3. The summed E-state index contributed by atoms with van der Waals surface area (Å²) in [6, 6.07) is 0.593. The molecule has 0 aromatic carbocycles. The van der Waals surface area contributed by atoms with Gasteiger partial charge in [0, 0.05) is 12.5 Å². The fourth-order valence-corrected chi connectivity index (χ4v) is 1.46. The Morgan fingerprint density at radius 3 is 3.07 bits per heavy atom. The third-order valence-corrected chi connectivity index (χ3v) is 2.69. The zero-order chi connectivity index (χ0) is 10.4. The first kappa shape index (κ1) is 11.1. The second-order valence-electron chi connectivity index (χ2n) is 3.77. The quantitative estimate of drug-likeness (QED) is 0.614. The highest BCUT2D eigenvalue weighted by molar-refractivity contribution is 5.33. The standard InChI is InChI=1S/C13H19N/c1-4-14(3)12(2)11-13-9-7-5-6-8-10-13/h7,9-10,12H,4-5,11H2,1-3H3. The lowest BCUT2D eigenvalue weighted by molar-refractivity contribution is 0.270. The largest absolute Gasteiger partial charge is 0.304 e. The average molecular weight is 189 g/mol. The molecule has 0 spiro atoms. The predicted octanol–water partition coefficient (Wildman–Crippen LogP) is 2.61. The lowest BCUT2D eigenvalue weighted by Gasteiger charge is -2.23. The minimum atomic E-state index is 0.593. The molecule has 1 rings (SSSR count). The van der Waals surface area contributed by atoms with Crippen LogP contribution in [-0.2, 0) is 0 Å². The fourth-order valence-electron chi connectivity index (χ4n) is 1.46. The smallest absolute Gasteiger partial charge is 0.0276 e. The highest BCUT2D eigenvalue weighted by atomic mass is 15.1. The first-order valence-corrected chi connectivity index (χ1v) is 5.28. The lowest BCUT2D eigenvalue weighted by atomic mass is 10.1. The molecule has 0 radical (unpaired) electrons. The Hall–Kier alpha value is -1.00. The molecule has 1 heteroatoms. The van der Waals surface area contributed by atoms with Crippen LogP contribution in [0.4, 0.5) is 0 Å². The van der Waals surface area contributed by atoms with E-state index < -0.39 is 0 Å². The van der Waals surface area contributed by atoms with Crippen molar-refractivity contribution >= 4 is 0 Å². The summed E-state index contributed by atoms with van der Waals surface area (Å²) in [6.07, 6.45) is 8.36. The number of hydrogen-bond acceptors (Lipinski definition) is 1. The number of rotatable bonds is 4. The summed E-state index contributed by atoms with van der Waals surface area (Å²) < 4.78 is 0. The molecule has 1 nitrogen and oxygen atoms in total. The lowest BCUT2D eigenvalue weighted by Crippen LogP contribution is -2.28. The van der Waals surface area contributed by atoms with Crippen LogP contribution in [0.25, 0.3) is 0 Å². The van der Waals surface area contributed by atoms with Crippen LogP contribution in [0.5, 0.6) is 0 Å². The van der Waals surface area contributed by atoms with E-state index in [9.17, 15) is 0 Å². The van der Waals surface area contributed by atoms with Gasteiger partial charge in [-0.15, -0.1) is 0 Å². The molecule has 1 atom stereocenters. The maximum atomic E-state index is 3.07. The first-order chi connectivity index (χ1) is 6.74. The van der Waals surface area contributed by atoms with Gasteiger partial charge in [-0.3, -0.25) is 0 Å². The minimum absolute atomic E-state index is 0.593. The van der Waals surface area contributed by atoms with E-state index in [4.69, 9.17) is 0 Å². The van der Waals surface area contributed by atoms with E-state index in [1.54, 1.807) is 0 Å². The minimum Gasteiger partial charge on any atom is -0.304 e. The van der Waals surface area contributed by atoms with Gasteiger partial charge >= 0.3 is 0 Å². The molecule has 0 bridgehead atoms. The van der Waals surface area contributed by atoms with Gasteiger partial charge in [0.15, 0.2) is 0 Å². The third kappa shape index (κ3) is 3.40. The van der Waals surface area contributed by atoms with E-state index in [1.165, 1.54) is 5.57 Å². The van der Waals surface area contributed by atoms with Gasteiger partial charge in [-0.05, 0) is 38.6 Å². The van der Waals surface area contributed by atoms with E-state index in [0.717, 1.165) is 19.4 Å². The summed E-state index contributed by atoms with van der Waals surface area (Å²) in [4.78, 5) is 2.35. The van der Waals surface area contributed by atoms with Gasteiger partial charge in [-0.25, -0.2) is 0 Å². The summed E-state index contributed by atoms with van der Waals surface area (Å²) >= 11 is 0. The Kier molecular flexibility index (Phi) is 4.49. The number of nitrogens with zero attached hydrogens (tertiary/aromatic N) is 1. The molecule has 0 saturated heterocycles. The van der Waals surface area contributed by atoms with Crippen LogP contribution in [0.15, 0.2) is 23.8 Å². The highest BCUT2D eigenvalue weighted by Crippen LogP contribution is 2.12. The Balaban J connectivity index is 2.52. The van der Waals surface area contributed by atoms with Crippen LogP contribution >= 0.6 is 0 Å². The Labute approximate surface area is 87.5 Å². The predicted molar refractivity (Wildman–Crippen MR) is 62.0 cm³/mol. The van der Waals surface area contributed by atoms with Crippen LogP contribution in [-0.4, -0.2) is 24.5 Å². The van der Waals surface area contributed by atoms with E-state index in [2.05, 4.69) is 49.8 Å². The highest BCUT2D eigenvalue weighted by Gasteiger charge is 2.08. The molecule has 1 unspecified atom stereocenters. The maximum Gasteiger partial charge on any atom is 0.0276 e. The van der Waals surface area contributed by atoms with Crippen molar-refractivity contribution < 1.29 is 0 Å². The molecule has 0 fully saturated rings. The molecular weight excluding hydrogens is 170 g/mol. The maximum absolute atomic E-state index is 3.07. The molecule has 0 aromatic rings. The molecule has 0 aliphatic heterocycles. The van der Waals surface area contributed by atoms with Crippen LogP contribution in [0.2, 0.25) is 0 Å². The van der Waals surface area contributed by atoms with Crippen LogP contribution < -0.4 is 0 Å². The molecule has 0 aromatic heterocycles. The number of hydrogen-bond donors (Lipinski definition) is 0. The van der Waals surface area contributed by atoms with Gasteiger partial charge in [0.25, 0.3) is 0 Å². The Bertz CT molecular complexity index is 288. The SMILES string of the molecule is CCN(C)C(C)CC1=CC#CCC=C1. The molecule has 1 aliphatic carbocycles. The summed E-state index contributed by atoms with van der Waals surface area (Å²) in [5.41, 5.74) is 1.35. The van der Waals surface area contributed by atoms with Crippen molar-refractivity contribution in [1.29, 1.82) is 0 Å². The van der Waals surface area contributed by atoms with Crippen molar-refractivity contribution in [3.8, 4) is 11.8 Å². The van der Waals surface area contributed by atoms with Crippen molar-refractivity contribution in [3.05, 3.63) is 23.8 Å². The first-order valence-electron chi connectivity index (χ1n) is 5.28. The molecule has 76 valence electrons. The monoisotopic (exact) mass is 189 g/mol. The van der Waals surface area contributed by atoms with Crippen molar-refractivity contribution in [3.63, 3.8) is 0 Å². The van der Waals surface area contributed by atoms with Gasteiger partial charge in [-0.2, -0.15) is 0 Å². The summed E-state index contributed by atoms with van der Waals surface area (Å²) in [6.45, 7) is 5.55. The van der Waals surface area contributed by atoms with Crippen LogP contribution in [0, 0.1) is 11.8 Å². The fraction of sp³-hybridized carbons (Fsp3) is 0.538. The third-order valence-electron chi connectivity index (χ3n) is 2.69. The zero-order valence-electron chi connectivity index (χ0n) is 9.38. The van der Waals surface area contributed by atoms with Gasteiger partial charge in [0.1, 0.15) is 0 Å². The van der Waals surface area contributed by atoms with E-state index in [-0.39, 0.29) is 0 Å². The van der Waals surface area contributed by atoms with E-state index in [0.29, 0.717) is 6.04 Å². The Morgan fingerprint density at radius 2 is 2.36 bits per heavy atom. The molecule has 0 heterocycles. The van der Waals surface area contributed by atoms with E-state index in [1.807, 2.05) is 6.08 Å². The van der Waals surface area contributed by atoms with Crippen molar-refractivity contribution in [2.75, 3.05) is 13.6 Å². The topological polar surface area (TPSA) is 3.24 Å². The van der Waals surface area contributed by atoms with Crippen LogP contribution in [0.3, 0.4) is 0 Å². The van der Waals surface area contributed by atoms with Crippen molar-refractivity contribution in [1.82, 2.24) is 4.90 Å². The second-order valence-corrected chi connectivity index (χ2v) is 3.77. The summed E-state index contributed by atoms with van der Waals surface area (Å²) in [5, 5.41) is 0. The normalized spacial score (nSPS) is 17.0. The molecule has 0 saturated carbocycles. The van der Waals surface area contributed by atoms with Crippen LogP contribution in [0.1, 0.15) is 26.7 Å². The van der Waals surface area contributed by atoms with Crippen molar-refractivity contribution in [2.24, 2.45) is 0 Å². The van der Waals surface area contributed by atoms with Crippen molar-refractivity contribution in [2.45, 2.75) is 32.7 Å². The second kappa shape index (κ2) is 5.67. The van der Waals surface area contributed by atoms with Gasteiger partial charge < -0.3 is 4.90 Å². The Morgan fingerprint density at radius 1 is 1.57 bits per heavy atom. The average Bonchev–Trinajstić information content (AvgIpc) is 2.45. The summed E-state index contributed by atoms with van der Waals surface area (Å²) in [7, 11) is 2.16. The molecule has 1 aliphatic rings. The van der Waals surface area contributed by atoms with E-state index >= 15 is 0 Å². The zero-order valence-corrected chi connectivity index (χ0v) is 9.38. The molecular formula is C13H19N. The molecule has 0 amide bonds. The molecule has 0 N–H and O–H groups in total.